The Kier molecular flexibility index (Phi) is 4.64. The zero-order valence-corrected chi connectivity index (χ0v) is 11.9. The Morgan fingerprint density at radius 1 is 1.47 bits per heavy atom. The summed E-state index contributed by atoms with van der Waals surface area (Å²) in [5.74, 6) is 2.44. The molecule has 0 radical (unpaired) electrons. The quantitative estimate of drug-likeness (QED) is 0.887. The second kappa shape index (κ2) is 6.24. The first kappa shape index (κ1) is 14.1. The van der Waals surface area contributed by atoms with Gasteiger partial charge < -0.3 is 15.1 Å². The summed E-state index contributed by atoms with van der Waals surface area (Å²) < 4.78 is 5.65. The van der Waals surface area contributed by atoms with Crippen molar-refractivity contribution in [3.05, 3.63) is 23.7 Å². The van der Waals surface area contributed by atoms with Crippen LogP contribution in [0.5, 0.6) is 0 Å². The Hall–Kier alpha value is -1.29. The number of primary amides is 1. The first-order chi connectivity index (χ1) is 9.06. The molecular formula is C15H24N2O2. The van der Waals surface area contributed by atoms with E-state index in [1.54, 1.807) is 0 Å². The van der Waals surface area contributed by atoms with Crippen molar-refractivity contribution in [3.63, 3.8) is 0 Å². The smallest absolute Gasteiger partial charge is 0.220 e. The molecule has 1 aromatic heterocycles. The molecule has 0 unspecified atom stereocenters. The largest absolute Gasteiger partial charge is 0.466 e. The highest BCUT2D eigenvalue weighted by Gasteiger charge is 2.23. The Balaban J connectivity index is 1.73. The number of nitrogens with zero attached hydrogens (tertiary/aromatic N) is 1. The van der Waals surface area contributed by atoms with Crippen molar-refractivity contribution in [2.75, 3.05) is 19.6 Å². The third-order valence-electron chi connectivity index (χ3n) is 4.12. The lowest BCUT2D eigenvalue weighted by Gasteiger charge is -2.30. The van der Waals surface area contributed by atoms with Crippen molar-refractivity contribution < 1.29 is 9.21 Å². The molecule has 2 N–H and O–H groups in total. The van der Waals surface area contributed by atoms with Gasteiger partial charge in [0.2, 0.25) is 5.91 Å². The third-order valence-corrected chi connectivity index (χ3v) is 4.12. The van der Waals surface area contributed by atoms with Crippen LogP contribution in [0.15, 0.2) is 16.5 Å². The van der Waals surface area contributed by atoms with Gasteiger partial charge in [-0.05, 0) is 58.0 Å². The van der Waals surface area contributed by atoms with Crippen LogP contribution < -0.4 is 5.73 Å². The lowest BCUT2D eigenvalue weighted by molar-refractivity contribution is -0.123. The Labute approximate surface area is 114 Å². The molecule has 19 heavy (non-hydrogen) atoms. The van der Waals surface area contributed by atoms with Crippen molar-refractivity contribution in [3.8, 4) is 0 Å². The van der Waals surface area contributed by atoms with Crippen LogP contribution in [-0.2, 0) is 4.79 Å². The van der Waals surface area contributed by atoms with E-state index < -0.39 is 0 Å². The molecule has 1 fully saturated rings. The van der Waals surface area contributed by atoms with Gasteiger partial charge in [-0.25, -0.2) is 0 Å². The third kappa shape index (κ3) is 3.83. The highest BCUT2D eigenvalue weighted by Crippen LogP contribution is 2.23. The number of hydrogen-bond donors (Lipinski definition) is 1. The van der Waals surface area contributed by atoms with E-state index in [0.717, 1.165) is 50.4 Å². The predicted molar refractivity (Wildman–Crippen MR) is 74.8 cm³/mol. The molecule has 0 aromatic carbocycles. The van der Waals surface area contributed by atoms with E-state index in [9.17, 15) is 4.79 Å². The second-order valence-electron chi connectivity index (χ2n) is 5.66. The minimum absolute atomic E-state index is 0.0846. The molecule has 4 nitrogen and oxygen atoms in total. The molecule has 0 spiro atoms. The number of rotatable bonds is 5. The highest BCUT2D eigenvalue weighted by molar-refractivity contribution is 5.76. The molecule has 1 aromatic rings. The maximum Gasteiger partial charge on any atom is 0.220 e. The van der Waals surface area contributed by atoms with E-state index in [4.69, 9.17) is 10.2 Å². The van der Waals surface area contributed by atoms with Crippen LogP contribution in [0.2, 0.25) is 0 Å². The predicted octanol–water partition coefficient (Wildman–Crippen LogP) is 2.28. The number of furan rings is 1. The van der Waals surface area contributed by atoms with E-state index in [-0.39, 0.29) is 11.8 Å². The fraction of sp³-hybridized carbons (Fsp3) is 0.667. The monoisotopic (exact) mass is 264 g/mol. The molecule has 0 bridgehead atoms. The zero-order chi connectivity index (χ0) is 13.8. The minimum atomic E-state index is -0.140. The van der Waals surface area contributed by atoms with Gasteiger partial charge in [0.15, 0.2) is 0 Å². The molecular weight excluding hydrogens is 240 g/mol. The SMILES string of the molecule is Cc1ccc([C@@H](C)CCN2CCC(C(N)=O)CC2)o1. The van der Waals surface area contributed by atoms with Crippen molar-refractivity contribution in [1.82, 2.24) is 4.90 Å². The highest BCUT2D eigenvalue weighted by atomic mass is 16.3. The van der Waals surface area contributed by atoms with Gasteiger partial charge in [-0.2, -0.15) is 0 Å². The minimum Gasteiger partial charge on any atom is -0.466 e. The Morgan fingerprint density at radius 2 is 2.16 bits per heavy atom. The molecule has 1 aliphatic heterocycles. The molecule has 106 valence electrons. The number of piperidine rings is 1. The van der Waals surface area contributed by atoms with E-state index in [0.29, 0.717) is 5.92 Å². The van der Waals surface area contributed by atoms with Gasteiger partial charge in [-0.15, -0.1) is 0 Å². The van der Waals surface area contributed by atoms with Crippen LogP contribution in [0.25, 0.3) is 0 Å². The number of likely N-dealkylation sites (tertiary alicyclic amines) is 1. The number of nitrogens with two attached hydrogens (primary N) is 1. The number of carbonyl (C=O) groups excluding carboxylic acids is 1. The van der Waals surface area contributed by atoms with E-state index in [2.05, 4.69) is 17.9 Å². The second-order valence-corrected chi connectivity index (χ2v) is 5.66. The van der Waals surface area contributed by atoms with Gasteiger partial charge >= 0.3 is 0 Å². The summed E-state index contributed by atoms with van der Waals surface area (Å²) in [5, 5.41) is 0. The molecule has 4 heteroatoms. The molecule has 1 amide bonds. The van der Waals surface area contributed by atoms with Crippen LogP contribution in [0.4, 0.5) is 0 Å². The van der Waals surface area contributed by atoms with Crippen molar-refractivity contribution in [2.24, 2.45) is 11.7 Å². The Morgan fingerprint density at radius 3 is 2.68 bits per heavy atom. The van der Waals surface area contributed by atoms with Crippen molar-refractivity contribution >= 4 is 5.91 Å². The standard InChI is InChI=1S/C15H24N2O2/c1-11(14-4-3-12(2)19-14)5-8-17-9-6-13(7-10-17)15(16)18/h3-4,11,13H,5-10H2,1-2H3,(H2,16,18)/t11-/m0/s1. The van der Waals surface area contributed by atoms with Crippen LogP contribution in [0.1, 0.15) is 43.6 Å². The lowest BCUT2D eigenvalue weighted by Crippen LogP contribution is -2.39. The maximum atomic E-state index is 11.1. The van der Waals surface area contributed by atoms with Gasteiger partial charge in [0.25, 0.3) is 0 Å². The number of hydrogen-bond acceptors (Lipinski definition) is 3. The molecule has 1 aliphatic rings. The summed E-state index contributed by atoms with van der Waals surface area (Å²) in [6.07, 6.45) is 2.90. The lowest BCUT2D eigenvalue weighted by atomic mass is 9.95. The molecule has 0 aliphatic carbocycles. The van der Waals surface area contributed by atoms with Crippen LogP contribution in [0.3, 0.4) is 0 Å². The summed E-state index contributed by atoms with van der Waals surface area (Å²) in [6, 6.07) is 4.09. The van der Waals surface area contributed by atoms with Crippen LogP contribution in [0, 0.1) is 12.8 Å². The summed E-state index contributed by atoms with van der Waals surface area (Å²) in [5.41, 5.74) is 5.34. The number of aryl methyl sites for hydroxylation is 1. The van der Waals surface area contributed by atoms with Gasteiger partial charge in [0, 0.05) is 11.8 Å². The van der Waals surface area contributed by atoms with Gasteiger partial charge in [-0.3, -0.25) is 4.79 Å². The maximum absolute atomic E-state index is 11.1. The van der Waals surface area contributed by atoms with Crippen molar-refractivity contribution in [1.29, 1.82) is 0 Å². The Bertz CT molecular complexity index is 420. The number of amides is 1. The van der Waals surface area contributed by atoms with E-state index in [1.807, 2.05) is 13.0 Å². The zero-order valence-electron chi connectivity index (χ0n) is 11.9. The molecule has 2 rings (SSSR count). The fourth-order valence-electron chi connectivity index (χ4n) is 2.68. The fourth-order valence-corrected chi connectivity index (χ4v) is 2.68. The average Bonchev–Trinajstić information content (AvgIpc) is 2.83. The summed E-state index contributed by atoms with van der Waals surface area (Å²) in [6.45, 7) is 7.21. The van der Waals surface area contributed by atoms with Gasteiger partial charge in [0.05, 0.1) is 0 Å². The first-order valence-electron chi connectivity index (χ1n) is 7.14. The summed E-state index contributed by atoms with van der Waals surface area (Å²) in [7, 11) is 0. The van der Waals surface area contributed by atoms with Crippen LogP contribution >= 0.6 is 0 Å². The first-order valence-corrected chi connectivity index (χ1v) is 7.14. The number of carbonyl (C=O) groups is 1. The normalized spacial score (nSPS) is 19.5. The summed E-state index contributed by atoms with van der Waals surface area (Å²) in [4.78, 5) is 13.5. The van der Waals surface area contributed by atoms with E-state index in [1.165, 1.54) is 0 Å². The molecule has 1 atom stereocenters. The molecule has 1 saturated heterocycles. The van der Waals surface area contributed by atoms with Crippen LogP contribution in [-0.4, -0.2) is 30.4 Å². The van der Waals surface area contributed by atoms with Gasteiger partial charge in [-0.1, -0.05) is 6.92 Å². The topological polar surface area (TPSA) is 59.5 Å². The molecule has 0 saturated carbocycles. The van der Waals surface area contributed by atoms with E-state index >= 15 is 0 Å². The van der Waals surface area contributed by atoms with Crippen molar-refractivity contribution in [2.45, 2.75) is 39.0 Å². The molecule has 2 heterocycles. The average molecular weight is 264 g/mol. The summed E-state index contributed by atoms with van der Waals surface area (Å²) >= 11 is 0. The van der Waals surface area contributed by atoms with Gasteiger partial charge in [0.1, 0.15) is 11.5 Å².